The quantitative estimate of drug-likeness (QED) is 0.799. The summed E-state index contributed by atoms with van der Waals surface area (Å²) in [4.78, 5) is 14.6. The Morgan fingerprint density at radius 1 is 1.33 bits per heavy atom. The van der Waals surface area contributed by atoms with Crippen molar-refractivity contribution in [3.05, 3.63) is 29.8 Å². The van der Waals surface area contributed by atoms with Gasteiger partial charge in [-0.05, 0) is 62.6 Å². The molecule has 2 N–H and O–H groups in total. The van der Waals surface area contributed by atoms with E-state index in [0.29, 0.717) is 18.5 Å². The van der Waals surface area contributed by atoms with E-state index in [9.17, 15) is 9.90 Å². The van der Waals surface area contributed by atoms with Crippen LogP contribution in [-0.4, -0.2) is 41.7 Å². The maximum atomic E-state index is 12.7. The Hall–Kier alpha value is -1.55. The lowest BCUT2D eigenvalue weighted by Crippen LogP contribution is -2.40. The molecule has 0 aliphatic carbocycles. The summed E-state index contributed by atoms with van der Waals surface area (Å²) < 4.78 is 0. The number of nitrogens with one attached hydrogen (secondary N) is 1. The third kappa shape index (κ3) is 5.52. The lowest BCUT2D eigenvalue weighted by Gasteiger charge is -2.32. The zero-order valence-electron chi connectivity index (χ0n) is 15.3. The van der Waals surface area contributed by atoms with E-state index in [0.717, 1.165) is 37.1 Å². The van der Waals surface area contributed by atoms with Gasteiger partial charge in [-0.1, -0.05) is 19.9 Å². The average molecular weight is 332 g/mol. The molecule has 2 atom stereocenters. The predicted molar refractivity (Wildman–Crippen MR) is 99.3 cm³/mol. The SMILES string of the molecule is CC(C)CCC(C)Nc1cccc(C(=O)N2CCCC(CO)C2)c1. The van der Waals surface area contributed by atoms with Crippen LogP contribution in [0.3, 0.4) is 0 Å². The molecule has 0 aromatic heterocycles. The number of amides is 1. The predicted octanol–water partition coefficient (Wildman–Crippen LogP) is 3.77. The normalized spacial score (nSPS) is 19.4. The van der Waals surface area contributed by atoms with Crippen LogP contribution in [0.2, 0.25) is 0 Å². The highest BCUT2D eigenvalue weighted by molar-refractivity contribution is 5.95. The molecule has 1 aromatic carbocycles. The first-order valence-corrected chi connectivity index (χ1v) is 9.26. The number of hydrogen-bond donors (Lipinski definition) is 2. The lowest BCUT2D eigenvalue weighted by atomic mass is 9.98. The fourth-order valence-electron chi connectivity index (χ4n) is 3.26. The Labute approximate surface area is 146 Å². The van der Waals surface area contributed by atoms with Gasteiger partial charge in [0.05, 0.1) is 0 Å². The van der Waals surface area contributed by atoms with Gasteiger partial charge < -0.3 is 15.3 Å². The molecule has 1 aromatic rings. The fourth-order valence-corrected chi connectivity index (χ4v) is 3.26. The summed E-state index contributed by atoms with van der Waals surface area (Å²) in [5, 5.41) is 12.9. The summed E-state index contributed by atoms with van der Waals surface area (Å²) in [5.41, 5.74) is 1.74. The zero-order valence-corrected chi connectivity index (χ0v) is 15.3. The van der Waals surface area contributed by atoms with Gasteiger partial charge in [0, 0.05) is 37.0 Å². The van der Waals surface area contributed by atoms with E-state index < -0.39 is 0 Å². The van der Waals surface area contributed by atoms with Gasteiger partial charge in [-0.25, -0.2) is 0 Å². The average Bonchev–Trinajstić information content (AvgIpc) is 2.59. The Morgan fingerprint density at radius 2 is 2.12 bits per heavy atom. The molecule has 1 amide bonds. The number of likely N-dealkylation sites (tertiary alicyclic amines) is 1. The molecule has 2 rings (SSSR count). The number of carbonyl (C=O) groups excluding carboxylic acids is 1. The molecule has 4 nitrogen and oxygen atoms in total. The number of rotatable bonds is 7. The molecule has 1 saturated heterocycles. The van der Waals surface area contributed by atoms with Crippen LogP contribution >= 0.6 is 0 Å². The van der Waals surface area contributed by atoms with E-state index in [-0.39, 0.29) is 18.4 Å². The van der Waals surface area contributed by atoms with Crippen LogP contribution in [0.5, 0.6) is 0 Å². The molecule has 1 aliphatic rings. The molecule has 0 spiro atoms. The van der Waals surface area contributed by atoms with Crippen molar-refractivity contribution in [1.29, 1.82) is 0 Å². The van der Waals surface area contributed by atoms with Crippen molar-refractivity contribution >= 4 is 11.6 Å². The topological polar surface area (TPSA) is 52.6 Å². The summed E-state index contributed by atoms with van der Waals surface area (Å²) in [5.74, 6) is 1.01. The molecule has 0 radical (unpaired) electrons. The number of benzene rings is 1. The molecule has 134 valence electrons. The molecule has 4 heteroatoms. The number of aliphatic hydroxyl groups is 1. The van der Waals surface area contributed by atoms with Crippen LogP contribution in [0.4, 0.5) is 5.69 Å². The van der Waals surface area contributed by atoms with Crippen molar-refractivity contribution in [3.8, 4) is 0 Å². The number of carbonyl (C=O) groups is 1. The maximum Gasteiger partial charge on any atom is 0.253 e. The summed E-state index contributed by atoms with van der Waals surface area (Å²) in [6.45, 7) is 8.29. The highest BCUT2D eigenvalue weighted by Gasteiger charge is 2.24. The molecule has 0 bridgehead atoms. The maximum absolute atomic E-state index is 12.7. The molecular weight excluding hydrogens is 300 g/mol. The minimum Gasteiger partial charge on any atom is -0.396 e. The molecular formula is C20H32N2O2. The van der Waals surface area contributed by atoms with Crippen LogP contribution < -0.4 is 5.32 Å². The monoisotopic (exact) mass is 332 g/mol. The van der Waals surface area contributed by atoms with Crippen molar-refractivity contribution < 1.29 is 9.90 Å². The van der Waals surface area contributed by atoms with Gasteiger partial charge >= 0.3 is 0 Å². The number of piperidine rings is 1. The Bertz CT molecular complexity index is 530. The van der Waals surface area contributed by atoms with Crippen LogP contribution in [0.25, 0.3) is 0 Å². The van der Waals surface area contributed by atoms with Crippen molar-refractivity contribution in [2.24, 2.45) is 11.8 Å². The minimum absolute atomic E-state index is 0.0756. The van der Waals surface area contributed by atoms with Crippen LogP contribution in [0.1, 0.15) is 56.8 Å². The molecule has 1 fully saturated rings. The number of nitrogens with zero attached hydrogens (tertiary/aromatic N) is 1. The van der Waals surface area contributed by atoms with Gasteiger partial charge in [0.2, 0.25) is 0 Å². The van der Waals surface area contributed by atoms with E-state index in [1.165, 1.54) is 6.42 Å². The van der Waals surface area contributed by atoms with Gasteiger partial charge in [0.1, 0.15) is 0 Å². The second kappa shape index (κ2) is 9.07. The third-order valence-electron chi connectivity index (χ3n) is 4.76. The van der Waals surface area contributed by atoms with E-state index >= 15 is 0 Å². The lowest BCUT2D eigenvalue weighted by molar-refractivity contribution is 0.0621. The highest BCUT2D eigenvalue weighted by atomic mass is 16.3. The molecule has 1 aliphatic heterocycles. The summed E-state index contributed by atoms with van der Waals surface area (Å²) in [6.07, 6.45) is 4.31. The molecule has 1 heterocycles. The first kappa shape index (κ1) is 18.8. The number of anilines is 1. The van der Waals surface area contributed by atoms with Crippen molar-refractivity contribution in [2.75, 3.05) is 25.0 Å². The van der Waals surface area contributed by atoms with Gasteiger partial charge in [0.15, 0.2) is 0 Å². The smallest absolute Gasteiger partial charge is 0.253 e. The van der Waals surface area contributed by atoms with Crippen molar-refractivity contribution in [3.63, 3.8) is 0 Å². The van der Waals surface area contributed by atoms with Crippen molar-refractivity contribution in [1.82, 2.24) is 4.90 Å². The first-order valence-electron chi connectivity index (χ1n) is 9.26. The van der Waals surface area contributed by atoms with Crippen molar-refractivity contribution in [2.45, 2.75) is 52.5 Å². The summed E-state index contributed by atoms with van der Waals surface area (Å²) in [7, 11) is 0. The largest absolute Gasteiger partial charge is 0.396 e. The second-order valence-electron chi connectivity index (χ2n) is 7.54. The Kier molecular flexibility index (Phi) is 7.10. The van der Waals surface area contributed by atoms with Gasteiger partial charge in [0.25, 0.3) is 5.91 Å². The highest BCUT2D eigenvalue weighted by Crippen LogP contribution is 2.20. The molecule has 24 heavy (non-hydrogen) atoms. The van der Waals surface area contributed by atoms with Crippen LogP contribution in [-0.2, 0) is 0 Å². The van der Waals surface area contributed by atoms with Gasteiger partial charge in [-0.15, -0.1) is 0 Å². The van der Waals surface area contributed by atoms with E-state index in [4.69, 9.17) is 0 Å². The Morgan fingerprint density at radius 3 is 2.83 bits per heavy atom. The zero-order chi connectivity index (χ0) is 17.5. The first-order chi connectivity index (χ1) is 11.5. The van der Waals surface area contributed by atoms with Crippen LogP contribution in [0, 0.1) is 11.8 Å². The standard InChI is InChI=1S/C20H32N2O2/c1-15(2)9-10-16(3)21-19-8-4-7-18(12-19)20(24)22-11-5-6-17(13-22)14-23/h4,7-8,12,15-17,21,23H,5-6,9-11,13-14H2,1-3H3. The second-order valence-corrected chi connectivity index (χ2v) is 7.54. The van der Waals surface area contributed by atoms with E-state index in [1.807, 2.05) is 29.2 Å². The summed E-state index contributed by atoms with van der Waals surface area (Å²) in [6, 6.07) is 8.20. The molecule has 2 unspecified atom stereocenters. The number of aliphatic hydroxyl groups excluding tert-OH is 1. The van der Waals surface area contributed by atoms with Crippen LogP contribution in [0.15, 0.2) is 24.3 Å². The van der Waals surface area contributed by atoms with Gasteiger partial charge in [-0.3, -0.25) is 4.79 Å². The fraction of sp³-hybridized carbons (Fsp3) is 0.650. The number of hydrogen-bond acceptors (Lipinski definition) is 3. The molecule has 0 saturated carbocycles. The minimum atomic E-state index is 0.0756. The van der Waals surface area contributed by atoms with E-state index in [2.05, 4.69) is 26.1 Å². The Balaban J connectivity index is 1.97. The van der Waals surface area contributed by atoms with Gasteiger partial charge in [-0.2, -0.15) is 0 Å². The van der Waals surface area contributed by atoms with E-state index in [1.54, 1.807) is 0 Å². The summed E-state index contributed by atoms with van der Waals surface area (Å²) >= 11 is 0. The third-order valence-corrected chi connectivity index (χ3v) is 4.76.